The fourth-order valence-electron chi connectivity index (χ4n) is 0.904. The Labute approximate surface area is 80.1 Å². The molecule has 1 aromatic carbocycles. The van der Waals surface area contributed by atoms with Crippen LogP contribution >= 0.6 is 0 Å². The number of amides is 1. The Morgan fingerprint density at radius 2 is 2.14 bits per heavy atom. The molecule has 2 N–H and O–H groups in total. The quantitative estimate of drug-likeness (QED) is 0.767. The number of hydrogen-bond donors (Lipinski definition) is 2. The Bertz CT molecular complexity index is 342. The Morgan fingerprint density at radius 3 is 2.79 bits per heavy atom. The molecule has 0 radical (unpaired) electrons. The predicted octanol–water partition coefficient (Wildman–Crippen LogP) is 1.12. The number of likely N-dealkylation sites (N-methyl/N-ethyl adjacent to an activating group) is 1. The SMILES string of the molecule is CNC(=O)CNc1cccc(F)c1F. The van der Waals surface area contributed by atoms with Gasteiger partial charge in [-0.15, -0.1) is 0 Å². The third-order valence-corrected chi connectivity index (χ3v) is 1.67. The molecule has 1 rings (SSSR count). The lowest BCUT2D eigenvalue weighted by atomic mass is 10.3. The molecule has 0 unspecified atom stereocenters. The van der Waals surface area contributed by atoms with Gasteiger partial charge in [0.05, 0.1) is 12.2 Å². The molecule has 0 aliphatic carbocycles. The molecule has 0 aliphatic rings. The number of nitrogens with one attached hydrogen (secondary N) is 2. The van der Waals surface area contributed by atoms with E-state index in [0.29, 0.717) is 0 Å². The second kappa shape index (κ2) is 4.55. The highest BCUT2D eigenvalue weighted by atomic mass is 19.2. The predicted molar refractivity (Wildman–Crippen MR) is 48.9 cm³/mol. The van der Waals surface area contributed by atoms with Gasteiger partial charge in [0.2, 0.25) is 5.91 Å². The van der Waals surface area contributed by atoms with Crippen LogP contribution in [0.25, 0.3) is 0 Å². The average molecular weight is 200 g/mol. The third-order valence-electron chi connectivity index (χ3n) is 1.67. The van der Waals surface area contributed by atoms with Crippen LogP contribution < -0.4 is 10.6 Å². The van der Waals surface area contributed by atoms with E-state index < -0.39 is 11.6 Å². The van der Waals surface area contributed by atoms with Crippen LogP contribution in [-0.4, -0.2) is 19.5 Å². The van der Waals surface area contributed by atoms with Gasteiger partial charge < -0.3 is 10.6 Å². The van der Waals surface area contributed by atoms with Gasteiger partial charge in [-0.25, -0.2) is 8.78 Å². The molecule has 0 atom stereocenters. The van der Waals surface area contributed by atoms with Crippen molar-refractivity contribution in [1.82, 2.24) is 5.32 Å². The lowest BCUT2D eigenvalue weighted by Crippen LogP contribution is -2.26. The maximum atomic E-state index is 13.0. The van der Waals surface area contributed by atoms with Crippen molar-refractivity contribution in [3.8, 4) is 0 Å². The molecular formula is C9H10F2N2O. The Morgan fingerprint density at radius 1 is 1.43 bits per heavy atom. The highest BCUT2D eigenvalue weighted by Gasteiger charge is 2.07. The molecule has 1 aromatic rings. The minimum atomic E-state index is -0.976. The molecule has 0 bridgehead atoms. The van der Waals surface area contributed by atoms with Gasteiger partial charge in [-0.3, -0.25) is 4.79 Å². The van der Waals surface area contributed by atoms with Crippen LogP contribution in [0.15, 0.2) is 18.2 Å². The van der Waals surface area contributed by atoms with Crippen molar-refractivity contribution < 1.29 is 13.6 Å². The molecule has 5 heteroatoms. The summed E-state index contributed by atoms with van der Waals surface area (Å²) in [6.07, 6.45) is 0. The number of carbonyl (C=O) groups excluding carboxylic acids is 1. The maximum Gasteiger partial charge on any atom is 0.239 e. The molecule has 0 fully saturated rings. The first-order valence-electron chi connectivity index (χ1n) is 4.03. The van der Waals surface area contributed by atoms with E-state index in [9.17, 15) is 13.6 Å². The summed E-state index contributed by atoms with van der Waals surface area (Å²) in [5.74, 6) is -2.21. The fourth-order valence-corrected chi connectivity index (χ4v) is 0.904. The van der Waals surface area contributed by atoms with Crippen molar-refractivity contribution in [3.05, 3.63) is 29.8 Å². The van der Waals surface area contributed by atoms with Crippen LogP contribution in [0, 0.1) is 11.6 Å². The molecule has 0 saturated heterocycles. The van der Waals surface area contributed by atoms with Crippen molar-refractivity contribution in [2.75, 3.05) is 18.9 Å². The van der Waals surface area contributed by atoms with E-state index in [0.717, 1.165) is 6.07 Å². The summed E-state index contributed by atoms with van der Waals surface area (Å²) in [4.78, 5) is 10.8. The molecule has 76 valence electrons. The average Bonchev–Trinajstić information content (AvgIpc) is 2.20. The zero-order chi connectivity index (χ0) is 10.6. The van der Waals surface area contributed by atoms with E-state index in [1.54, 1.807) is 0 Å². The smallest absolute Gasteiger partial charge is 0.239 e. The molecule has 0 saturated carbocycles. The number of hydrogen-bond acceptors (Lipinski definition) is 2. The van der Waals surface area contributed by atoms with Crippen LogP contribution in [0.2, 0.25) is 0 Å². The minimum Gasteiger partial charge on any atom is -0.374 e. The second-order valence-electron chi connectivity index (χ2n) is 2.63. The normalized spacial score (nSPS) is 9.64. The van der Waals surface area contributed by atoms with E-state index in [1.165, 1.54) is 19.2 Å². The highest BCUT2D eigenvalue weighted by Crippen LogP contribution is 2.15. The van der Waals surface area contributed by atoms with Crippen LogP contribution in [0.1, 0.15) is 0 Å². The fraction of sp³-hybridized carbons (Fsp3) is 0.222. The summed E-state index contributed by atoms with van der Waals surface area (Å²) < 4.78 is 25.7. The first-order valence-corrected chi connectivity index (χ1v) is 4.03. The lowest BCUT2D eigenvalue weighted by molar-refractivity contribution is -0.118. The van der Waals surface area contributed by atoms with Gasteiger partial charge in [-0.2, -0.15) is 0 Å². The maximum absolute atomic E-state index is 13.0. The van der Waals surface area contributed by atoms with Crippen molar-refractivity contribution in [2.45, 2.75) is 0 Å². The third kappa shape index (κ3) is 2.42. The van der Waals surface area contributed by atoms with E-state index in [4.69, 9.17) is 0 Å². The topological polar surface area (TPSA) is 41.1 Å². The number of halogens is 2. The molecule has 0 heterocycles. The van der Waals surface area contributed by atoms with E-state index >= 15 is 0 Å². The van der Waals surface area contributed by atoms with Gasteiger partial charge in [0.25, 0.3) is 0 Å². The number of rotatable bonds is 3. The first-order chi connectivity index (χ1) is 6.65. The van der Waals surface area contributed by atoms with Gasteiger partial charge in [0.15, 0.2) is 11.6 Å². The van der Waals surface area contributed by atoms with Crippen molar-refractivity contribution in [2.24, 2.45) is 0 Å². The standard InChI is InChI=1S/C9H10F2N2O/c1-12-8(14)5-13-7-4-2-3-6(10)9(7)11/h2-4,13H,5H2,1H3,(H,12,14). The van der Waals surface area contributed by atoms with Gasteiger partial charge >= 0.3 is 0 Å². The summed E-state index contributed by atoms with van der Waals surface area (Å²) in [6, 6.07) is 3.74. The summed E-state index contributed by atoms with van der Waals surface area (Å²) in [5, 5.41) is 4.83. The van der Waals surface area contributed by atoms with E-state index in [-0.39, 0.29) is 18.1 Å². The van der Waals surface area contributed by atoms with E-state index in [1.807, 2.05) is 0 Å². The zero-order valence-corrected chi connectivity index (χ0v) is 7.60. The number of anilines is 1. The largest absolute Gasteiger partial charge is 0.374 e. The Kier molecular flexibility index (Phi) is 3.39. The number of benzene rings is 1. The van der Waals surface area contributed by atoms with Crippen LogP contribution in [0.5, 0.6) is 0 Å². The molecule has 0 aromatic heterocycles. The van der Waals surface area contributed by atoms with Crippen molar-refractivity contribution >= 4 is 11.6 Å². The van der Waals surface area contributed by atoms with Crippen LogP contribution in [0.4, 0.5) is 14.5 Å². The first kappa shape index (κ1) is 10.4. The van der Waals surface area contributed by atoms with Gasteiger partial charge in [-0.1, -0.05) is 6.07 Å². The monoisotopic (exact) mass is 200 g/mol. The Hall–Kier alpha value is -1.65. The summed E-state index contributed by atoms with van der Waals surface area (Å²) in [7, 11) is 1.46. The molecular weight excluding hydrogens is 190 g/mol. The molecule has 0 aliphatic heterocycles. The zero-order valence-electron chi connectivity index (χ0n) is 7.60. The lowest BCUT2D eigenvalue weighted by Gasteiger charge is -2.06. The van der Waals surface area contributed by atoms with Crippen LogP contribution in [0.3, 0.4) is 0 Å². The Balaban J connectivity index is 2.68. The molecule has 3 nitrogen and oxygen atoms in total. The highest BCUT2D eigenvalue weighted by molar-refractivity contribution is 5.80. The summed E-state index contributed by atoms with van der Waals surface area (Å²) >= 11 is 0. The number of carbonyl (C=O) groups is 1. The molecule has 1 amide bonds. The van der Waals surface area contributed by atoms with Gasteiger partial charge in [-0.05, 0) is 12.1 Å². The summed E-state index contributed by atoms with van der Waals surface area (Å²) in [5.41, 5.74) is -0.0198. The molecule has 14 heavy (non-hydrogen) atoms. The van der Waals surface area contributed by atoms with Crippen molar-refractivity contribution in [1.29, 1.82) is 0 Å². The second-order valence-corrected chi connectivity index (χ2v) is 2.63. The summed E-state index contributed by atoms with van der Waals surface area (Å²) in [6.45, 7) is -0.0864. The van der Waals surface area contributed by atoms with Gasteiger partial charge in [0.1, 0.15) is 0 Å². The van der Waals surface area contributed by atoms with Crippen LogP contribution in [-0.2, 0) is 4.79 Å². The minimum absolute atomic E-state index is 0.0198. The van der Waals surface area contributed by atoms with E-state index in [2.05, 4.69) is 10.6 Å². The van der Waals surface area contributed by atoms with Crippen molar-refractivity contribution in [3.63, 3.8) is 0 Å². The molecule has 0 spiro atoms. The van der Waals surface area contributed by atoms with Gasteiger partial charge in [0, 0.05) is 7.05 Å².